The molecule has 4 heteroatoms. The van der Waals surface area contributed by atoms with Gasteiger partial charge in [0.25, 0.3) is 5.92 Å². The van der Waals surface area contributed by atoms with Crippen LogP contribution in [0.5, 0.6) is 0 Å². The second kappa shape index (κ2) is 3.86. The van der Waals surface area contributed by atoms with Gasteiger partial charge in [0.15, 0.2) is 0 Å². The number of aliphatic imine (C=N–C) groups is 1. The molecule has 0 atom stereocenters. The molecule has 0 bridgehead atoms. The molecule has 0 aromatic carbocycles. The zero-order valence-electron chi connectivity index (χ0n) is 5.52. The minimum absolute atomic E-state index is 0. The van der Waals surface area contributed by atoms with Gasteiger partial charge in [-0.1, -0.05) is 0 Å². The lowest BCUT2D eigenvalue weighted by Crippen LogP contribution is -2.15. The average Bonchev–Trinajstić information content (AvgIpc) is 1.92. The molecule has 0 N–H and O–H groups in total. The SMILES string of the molecule is Cl.FC1(F)C=NCCCC1. The Morgan fingerprint density at radius 2 is 2.00 bits per heavy atom. The summed E-state index contributed by atoms with van der Waals surface area (Å²) in [5, 5.41) is 0. The van der Waals surface area contributed by atoms with Crippen LogP contribution in [0, 0.1) is 0 Å². The first-order chi connectivity index (χ1) is 4.21. The van der Waals surface area contributed by atoms with Crippen molar-refractivity contribution in [2.75, 3.05) is 6.54 Å². The third-order valence-electron chi connectivity index (χ3n) is 1.33. The van der Waals surface area contributed by atoms with Crippen molar-refractivity contribution in [1.29, 1.82) is 0 Å². The van der Waals surface area contributed by atoms with Gasteiger partial charge in [0.2, 0.25) is 0 Å². The van der Waals surface area contributed by atoms with Crippen molar-refractivity contribution in [3.63, 3.8) is 0 Å². The fourth-order valence-electron chi connectivity index (χ4n) is 0.826. The number of hydrogen-bond acceptors (Lipinski definition) is 1. The summed E-state index contributed by atoms with van der Waals surface area (Å²) >= 11 is 0. The van der Waals surface area contributed by atoms with Crippen LogP contribution in [0.4, 0.5) is 8.78 Å². The van der Waals surface area contributed by atoms with E-state index in [0.717, 1.165) is 12.6 Å². The van der Waals surface area contributed by atoms with Gasteiger partial charge in [-0.2, -0.15) is 0 Å². The minimum atomic E-state index is -2.63. The molecule has 0 spiro atoms. The molecule has 0 fully saturated rings. The number of halogens is 3. The van der Waals surface area contributed by atoms with Crippen LogP contribution in [0.25, 0.3) is 0 Å². The van der Waals surface area contributed by atoms with Crippen molar-refractivity contribution in [2.24, 2.45) is 4.99 Å². The fourth-order valence-corrected chi connectivity index (χ4v) is 0.826. The van der Waals surface area contributed by atoms with Gasteiger partial charge >= 0.3 is 0 Å². The second-order valence-corrected chi connectivity index (χ2v) is 2.25. The van der Waals surface area contributed by atoms with Crippen LogP contribution < -0.4 is 0 Å². The normalized spacial score (nSPS) is 23.0. The summed E-state index contributed by atoms with van der Waals surface area (Å²) < 4.78 is 24.6. The standard InChI is InChI=1S/C6H9F2N.ClH/c7-6(8)3-1-2-4-9-5-6;/h5H,1-4H2;1H. The summed E-state index contributed by atoms with van der Waals surface area (Å²) in [6.07, 6.45) is 2.13. The van der Waals surface area contributed by atoms with Gasteiger partial charge in [0.05, 0.1) is 6.21 Å². The summed E-state index contributed by atoms with van der Waals surface area (Å²) in [6.45, 7) is 0.565. The maximum atomic E-state index is 12.3. The molecule has 1 nitrogen and oxygen atoms in total. The molecule has 0 amide bonds. The lowest BCUT2D eigenvalue weighted by Gasteiger charge is -2.05. The van der Waals surface area contributed by atoms with Gasteiger partial charge in [-0.05, 0) is 12.8 Å². The maximum absolute atomic E-state index is 12.3. The minimum Gasteiger partial charge on any atom is -0.291 e. The van der Waals surface area contributed by atoms with Gasteiger partial charge in [-0.25, -0.2) is 8.78 Å². The molecule has 1 heterocycles. The van der Waals surface area contributed by atoms with Crippen molar-refractivity contribution in [1.82, 2.24) is 0 Å². The van der Waals surface area contributed by atoms with Crippen molar-refractivity contribution < 1.29 is 8.78 Å². The molecule has 0 unspecified atom stereocenters. The van der Waals surface area contributed by atoms with E-state index in [4.69, 9.17) is 0 Å². The second-order valence-electron chi connectivity index (χ2n) is 2.25. The van der Waals surface area contributed by atoms with Gasteiger partial charge in [0.1, 0.15) is 0 Å². The molecule has 60 valence electrons. The highest BCUT2D eigenvalue weighted by Crippen LogP contribution is 2.20. The number of hydrogen-bond donors (Lipinski definition) is 0. The summed E-state index contributed by atoms with van der Waals surface area (Å²) in [6, 6.07) is 0. The van der Waals surface area contributed by atoms with E-state index in [1.807, 2.05) is 0 Å². The molecular formula is C6H10ClF2N. The van der Waals surface area contributed by atoms with E-state index in [1.54, 1.807) is 0 Å². The van der Waals surface area contributed by atoms with Crippen molar-refractivity contribution >= 4 is 18.6 Å². The van der Waals surface area contributed by atoms with Crippen LogP contribution in [0.2, 0.25) is 0 Å². The molecule has 1 rings (SSSR count). The van der Waals surface area contributed by atoms with Crippen LogP contribution in [-0.4, -0.2) is 18.7 Å². The van der Waals surface area contributed by atoms with Gasteiger partial charge < -0.3 is 0 Å². The van der Waals surface area contributed by atoms with E-state index < -0.39 is 5.92 Å². The monoisotopic (exact) mass is 169 g/mol. The first-order valence-corrected chi connectivity index (χ1v) is 3.09. The van der Waals surface area contributed by atoms with Crippen molar-refractivity contribution in [3.8, 4) is 0 Å². The largest absolute Gasteiger partial charge is 0.291 e. The summed E-state index contributed by atoms with van der Waals surface area (Å²) in [5.41, 5.74) is 0. The van der Waals surface area contributed by atoms with E-state index in [2.05, 4.69) is 4.99 Å². The molecule has 1 aliphatic rings. The van der Waals surface area contributed by atoms with E-state index in [9.17, 15) is 8.78 Å². The molecule has 0 aromatic heterocycles. The zero-order valence-corrected chi connectivity index (χ0v) is 6.33. The Bertz CT molecular complexity index is 125. The Labute approximate surface area is 64.9 Å². The lowest BCUT2D eigenvalue weighted by molar-refractivity contribution is 0.0731. The molecule has 0 radical (unpaired) electrons. The Balaban J connectivity index is 0.000000810. The predicted octanol–water partition coefficient (Wildman–Crippen LogP) is 2.30. The molecule has 0 saturated carbocycles. The van der Waals surface area contributed by atoms with Gasteiger partial charge in [-0.3, -0.25) is 4.99 Å². The van der Waals surface area contributed by atoms with Crippen LogP contribution in [0.3, 0.4) is 0 Å². The quantitative estimate of drug-likeness (QED) is 0.528. The topological polar surface area (TPSA) is 12.4 Å². The number of alkyl halides is 2. The summed E-state index contributed by atoms with van der Waals surface area (Å²) in [4.78, 5) is 3.55. The third-order valence-corrected chi connectivity index (χ3v) is 1.33. The van der Waals surface area contributed by atoms with Gasteiger partial charge in [-0.15, -0.1) is 12.4 Å². The highest BCUT2D eigenvalue weighted by atomic mass is 35.5. The first kappa shape index (κ1) is 9.82. The summed E-state index contributed by atoms with van der Waals surface area (Å²) in [5.74, 6) is -2.63. The lowest BCUT2D eigenvalue weighted by atomic mass is 10.2. The highest BCUT2D eigenvalue weighted by Gasteiger charge is 2.26. The van der Waals surface area contributed by atoms with E-state index in [-0.39, 0.29) is 18.8 Å². The smallest absolute Gasteiger partial charge is 0.282 e. The van der Waals surface area contributed by atoms with Crippen LogP contribution in [0.15, 0.2) is 4.99 Å². The molecule has 10 heavy (non-hydrogen) atoms. The van der Waals surface area contributed by atoms with Crippen molar-refractivity contribution in [3.05, 3.63) is 0 Å². The zero-order chi connectivity index (χ0) is 6.74. The van der Waals surface area contributed by atoms with Crippen LogP contribution in [0.1, 0.15) is 19.3 Å². The fraction of sp³-hybridized carbons (Fsp3) is 0.833. The summed E-state index contributed by atoms with van der Waals surface area (Å²) in [7, 11) is 0. The molecule has 1 aliphatic heterocycles. The van der Waals surface area contributed by atoms with Gasteiger partial charge in [0, 0.05) is 13.0 Å². The Morgan fingerprint density at radius 3 is 2.70 bits per heavy atom. The number of rotatable bonds is 0. The van der Waals surface area contributed by atoms with E-state index >= 15 is 0 Å². The number of nitrogens with zero attached hydrogens (tertiary/aromatic N) is 1. The first-order valence-electron chi connectivity index (χ1n) is 3.09. The third kappa shape index (κ3) is 3.11. The average molecular weight is 170 g/mol. The highest BCUT2D eigenvalue weighted by molar-refractivity contribution is 5.85. The van der Waals surface area contributed by atoms with Crippen molar-refractivity contribution in [2.45, 2.75) is 25.2 Å². The molecule has 0 saturated heterocycles. The Kier molecular flexibility index (Phi) is 3.79. The predicted molar refractivity (Wildman–Crippen MR) is 39.4 cm³/mol. The van der Waals surface area contributed by atoms with E-state index in [0.29, 0.717) is 13.0 Å². The van der Waals surface area contributed by atoms with E-state index in [1.165, 1.54) is 0 Å². The Morgan fingerprint density at radius 1 is 1.30 bits per heavy atom. The molecular weight excluding hydrogens is 160 g/mol. The molecule has 0 aromatic rings. The molecule has 0 aliphatic carbocycles. The maximum Gasteiger partial charge on any atom is 0.282 e. The van der Waals surface area contributed by atoms with Crippen LogP contribution >= 0.6 is 12.4 Å². The van der Waals surface area contributed by atoms with Crippen LogP contribution in [-0.2, 0) is 0 Å². The Hall–Kier alpha value is -0.180.